The summed E-state index contributed by atoms with van der Waals surface area (Å²) >= 11 is 0. The molecule has 1 unspecified atom stereocenters. The maximum Gasteiger partial charge on any atom is 0.254 e. The molecule has 2 heterocycles. The predicted molar refractivity (Wildman–Crippen MR) is 83.3 cm³/mol. The van der Waals surface area contributed by atoms with Gasteiger partial charge in [0.1, 0.15) is 17.5 Å². The summed E-state index contributed by atoms with van der Waals surface area (Å²) in [5.41, 5.74) is -0.264. The van der Waals surface area contributed by atoms with Crippen molar-refractivity contribution in [3.8, 4) is 0 Å². The Hall–Kier alpha value is -2.50. The average molecular weight is 317 g/mol. The van der Waals surface area contributed by atoms with Crippen LogP contribution in [0.2, 0.25) is 0 Å². The molecule has 1 aliphatic heterocycles. The van der Waals surface area contributed by atoms with Gasteiger partial charge in [-0.1, -0.05) is 6.07 Å². The molecule has 120 valence electrons. The number of nitrogens with zero attached hydrogens (tertiary/aromatic N) is 2. The Labute approximate surface area is 133 Å². The van der Waals surface area contributed by atoms with E-state index in [-0.39, 0.29) is 11.6 Å². The Kier molecular flexibility index (Phi) is 4.50. The highest BCUT2D eigenvalue weighted by Gasteiger charge is 2.23. The third-order valence-electron chi connectivity index (χ3n) is 3.90. The van der Waals surface area contributed by atoms with E-state index in [4.69, 9.17) is 0 Å². The molecule has 1 amide bonds. The van der Waals surface area contributed by atoms with Crippen LogP contribution in [0, 0.1) is 11.6 Å². The molecule has 0 radical (unpaired) electrons. The van der Waals surface area contributed by atoms with E-state index in [1.54, 1.807) is 6.20 Å². The largest absolute Gasteiger partial charge is 0.355 e. The molecule has 4 nitrogen and oxygen atoms in total. The van der Waals surface area contributed by atoms with E-state index in [0.29, 0.717) is 6.54 Å². The SMILES string of the molecule is O=C(NC1CCCN(c2ccccn2)C1)c1cc(F)ccc1F. The van der Waals surface area contributed by atoms with E-state index in [1.165, 1.54) is 0 Å². The summed E-state index contributed by atoms with van der Waals surface area (Å²) in [6, 6.07) is 8.42. The van der Waals surface area contributed by atoms with E-state index in [1.807, 2.05) is 18.2 Å². The molecule has 1 saturated heterocycles. The highest BCUT2D eigenvalue weighted by atomic mass is 19.1. The number of piperidine rings is 1. The lowest BCUT2D eigenvalue weighted by Gasteiger charge is -2.34. The van der Waals surface area contributed by atoms with Crippen LogP contribution in [-0.4, -0.2) is 30.0 Å². The highest BCUT2D eigenvalue weighted by Crippen LogP contribution is 2.18. The molecule has 0 aliphatic carbocycles. The van der Waals surface area contributed by atoms with Crippen LogP contribution in [0.3, 0.4) is 0 Å². The van der Waals surface area contributed by atoms with Crippen LogP contribution in [0.5, 0.6) is 0 Å². The summed E-state index contributed by atoms with van der Waals surface area (Å²) < 4.78 is 26.9. The third kappa shape index (κ3) is 3.64. The van der Waals surface area contributed by atoms with Crippen LogP contribution in [0.25, 0.3) is 0 Å². The summed E-state index contributed by atoms with van der Waals surface area (Å²) in [5, 5.41) is 2.79. The lowest BCUT2D eigenvalue weighted by atomic mass is 10.0. The molecule has 0 spiro atoms. The second-order valence-corrected chi connectivity index (χ2v) is 5.57. The number of rotatable bonds is 3. The summed E-state index contributed by atoms with van der Waals surface area (Å²) in [5.74, 6) is -1.09. The fourth-order valence-corrected chi connectivity index (χ4v) is 2.78. The van der Waals surface area contributed by atoms with Gasteiger partial charge in [-0.05, 0) is 43.2 Å². The van der Waals surface area contributed by atoms with Gasteiger partial charge in [-0.2, -0.15) is 0 Å². The van der Waals surface area contributed by atoms with Crippen LogP contribution in [0.1, 0.15) is 23.2 Å². The first-order chi connectivity index (χ1) is 11.1. The quantitative estimate of drug-likeness (QED) is 0.947. The predicted octanol–water partition coefficient (Wildman–Crippen LogP) is 2.76. The molecule has 2 aromatic rings. The van der Waals surface area contributed by atoms with Crippen molar-refractivity contribution in [1.82, 2.24) is 10.3 Å². The van der Waals surface area contributed by atoms with Crippen molar-refractivity contribution < 1.29 is 13.6 Å². The maximum absolute atomic E-state index is 13.7. The molecule has 1 N–H and O–H groups in total. The smallest absolute Gasteiger partial charge is 0.254 e. The molecule has 1 aromatic heterocycles. The van der Waals surface area contributed by atoms with E-state index in [0.717, 1.165) is 43.4 Å². The summed E-state index contributed by atoms with van der Waals surface area (Å²) in [4.78, 5) is 18.6. The summed E-state index contributed by atoms with van der Waals surface area (Å²) in [6.07, 6.45) is 3.42. The van der Waals surface area contributed by atoms with Gasteiger partial charge in [0.15, 0.2) is 0 Å². The minimum Gasteiger partial charge on any atom is -0.355 e. The molecule has 1 aliphatic rings. The van der Waals surface area contributed by atoms with Gasteiger partial charge in [-0.15, -0.1) is 0 Å². The van der Waals surface area contributed by atoms with Crippen LogP contribution < -0.4 is 10.2 Å². The number of carbonyl (C=O) groups is 1. The van der Waals surface area contributed by atoms with Gasteiger partial charge in [-0.3, -0.25) is 4.79 Å². The molecular formula is C17H17F2N3O. The van der Waals surface area contributed by atoms with Gasteiger partial charge in [0, 0.05) is 25.3 Å². The fourth-order valence-electron chi connectivity index (χ4n) is 2.78. The van der Waals surface area contributed by atoms with E-state index in [9.17, 15) is 13.6 Å². The number of anilines is 1. The lowest BCUT2D eigenvalue weighted by Crippen LogP contribution is -2.48. The van der Waals surface area contributed by atoms with Crippen LogP contribution >= 0.6 is 0 Å². The number of carbonyl (C=O) groups excluding carboxylic acids is 1. The summed E-state index contributed by atoms with van der Waals surface area (Å²) in [7, 11) is 0. The molecule has 0 bridgehead atoms. The maximum atomic E-state index is 13.7. The van der Waals surface area contributed by atoms with E-state index in [2.05, 4.69) is 15.2 Å². The molecule has 3 rings (SSSR count). The topological polar surface area (TPSA) is 45.2 Å². The number of pyridine rings is 1. The van der Waals surface area contributed by atoms with Gasteiger partial charge in [0.2, 0.25) is 0 Å². The van der Waals surface area contributed by atoms with Gasteiger partial charge in [0.25, 0.3) is 5.91 Å². The molecule has 23 heavy (non-hydrogen) atoms. The number of aromatic nitrogens is 1. The number of hydrogen-bond acceptors (Lipinski definition) is 3. The van der Waals surface area contributed by atoms with Crippen molar-refractivity contribution in [1.29, 1.82) is 0 Å². The van der Waals surface area contributed by atoms with E-state index < -0.39 is 17.5 Å². The molecule has 0 saturated carbocycles. The first kappa shape index (κ1) is 15.4. The Morgan fingerprint density at radius 3 is 2.91 bits per heavy atom. The summed E-state index contributed by atoms with van der Waals surface area (Å²) in [6.45, 7) is 1.46. The second-order valence-electron chi connectivity index (χ2n) is 5.57. The molecule has 6 heteroatoms. The molecule has 1 aromatic carbocycles. The molecule has 1 fully saturated rings. The zero-order chi connectivity index (χ0) is 16.2. The molecular weight excluding hydrogens is 300 g/mol. The zero-order valence-electron chi connectivity index (χ0n) is 12.5. The van der Waals surface area contributed by atoms with Crippen molar-refractivity contribution in [3.05, 3.63) is 59.8 Å². The Morgan fingerprint density at radius 2 is 2.13 bits per heavy atom. The van der Waals surface area contributed by atoms with Gasteiger partial charge in [0.05, 0.1) is 5.56 Å². The standard InChI is InChI=1S/C17H17F2N3O/c18-12-6-7-15(19)14(10-12)17(23)21-13-4-3-9-22(11-13)16-5-1-2-8-20-16/h1-2,5-8,10,13H,3-4,9,11H2,(H,21,23). The monoisotopic (exact) mass is 317 g/mol. The number of hydrogen-bond donors (Lipinski definition) is 1. The average Bonchev–Trinajstić information content (AvgIpc) is 2.58. The first-order valence-corrected chi connectivity index (χ1v) is 7.55. The molecule has 1 atom stereocenters. The Morgan fingerprint density at radius 1 is 1.26 bits per heavy atom. The Balaban J connectivity index is 1.68. The van der Waals surface area contributed by atoms with Gasteiger partial charge in [-0.25, -0.2) is 13.8 Å². The van der Waals surface area contributed by atoms with Crippen molar-refractivity contribution >= 4 is 11.7 Å². The number of amides is 1. The number of nitrogens with one attached hydrogen (secondary N) is 1. The minimum absolute atomic E-state index is 0.124. The zero-order valence-corrected chi connectivity index (χ0v) is 12.5. The number of benzene rings is 1. The number of halogens is 2. The fraction of sp³-hybridized carbons (Fsp3) is 0.294. The van der Waals surface area contributed by atoms with Crippen molar-refractivity contribution in [3.63, 3.8) is 0 Å². The Bertz CT molecular complexity index is 693. The lowest BCUT2D eigenvalue weighted by molar-refractivity contribution is 0.0928. The van der Waals surface area contributed by atoms with Crippen LogP contribution in [-0.2, 0) is 0 Å². The van der Waals surface area contributed by atoms with Gasteiger partial charge >= 0.3 is 0 Å². The van der Waals surface area contributed by atoms with Gasteiger partial charge < -0.3 is 10.2 Å². The van der Waals surface area contributed by atoms with Crippen molar-refractivity contribution in [2.24, 2.45) is 0 Å². The minimum atomic E-state index is -0.721. The highest BCUT2D eigenvalue weighted by molar-refractivity contribution is 5.94. The van der Waals surface area contributed by atoms with E-state index >= 15 is 0 Å². The van der Waals surface area contributed by atoms with Crippen molar-refractivity contribution in [2.75, 3.05) is 18.0 Å². The third-order valence-corrected chi connectivity index (χ3v) is 3.90. The van der Waals surface area contributed by atoms with Crippen molar-refractivity contribution in [2.45, 2.75) is 18.9 Å². The first-order valence-electron chi connectivity index (χ1n) is 7.55. The second kappa shape index (κ2) is 6.73. The normalized spacial score (nSPS) is 17.8. The van der Waals surface area contributed by atoms with Crippen LogP contribution in [0.4, 0.5) is 14.6 Å². The van der Waals surface area contributed by atoms with Crippen LogP contribution in [0.15, 0.2) is 42.6 Å².